The van der Waals surface area contributed by atoms with E-state index in [0.717, 1.165) is 31.7 Å². The number of halogens is 1. The zero-order chi connectivity index (χ0) is 10.7. The summed E-state index contributed by atoms with van der Waals surface area (Å²) in [5.41, 5.74) is 0. The molecule has 1 aliphatic heterocycles. The van der Waals surface area contributed by atoms with Crippen LogP contribution in [0.4, 0.5) is 5.82 Å². The van der Waals surface area contributed by atoms with Crippen LogP contribution in [0.25, 0.3) is 0 Å². The number of piperidine rings is 1. The van der Waals surface area contributed by atoms with Gasteiger partial charge < -0.3 is 4.90 Å². The van der Waals surface area contributed by atoms with Gasteiger partial charge in [0.05, 0.1) is 12.3 Å². The Labute approximate surface area is 93.5 Å². The minimum Gasteiger partial charge on any atom is -0.355 e. The van der Waals surface area contributed by atoms with E-state index in [1.807, 2.05) is 0 Å². The Kier molecular flexibility index (Phi) is 3.02. The van der Waals surface area contributed by atoms with E-state index in [2.05, 4.69) is 20.9 Å². The van der Waals surface area contributed by atoms with Gasteiger partial charge in [-0.2, -0.15) is 5.26 Å². The molecule has 15 heavy (non-hydrogen) atoms. The van der Waals surface area contributed by atoms with Gasteiger partial charge in [0.2, 0.25) is 0 Å². The average Bonchev–Trinajstić information content (AvgIpc) is 2.30. The first-order valence-electron chi connectivity index (χ1n) is 4.91. The molecule has 0 unspecified atom stereocenters. The Hall–Kier alpha value is -1.34. The normalized spacial score (nSPS) is 17.5. The summed E-state index contributed by atoms with van der Waals surface area (Å²) in [4.78, 5) is 10.1. The molecule has 1 aliphatic rings. The lowest BCUT2D eigenvalue weighted by atomic mass is 9.99. The molecule has 1 saturated heterocycles. The summed E-state index contributed by atoms with van der Waals surface area (Å²) in [6.45, 7) is 1.68. The van der Waals surface area contributed by atoms with Crippen LogP contribution < -0.4 is 4.90 Å². The first-order valence-corrected chi connectivity index (χ1v) is 5.29. The molecule has 0 saturated carbocycles. The highest BCUT2D eigenvalue weighted by Crippen LogP contribution is 2.26. The molecular formula is C10H11ClN4. The molecule has 0 N–H and O–H groups in total. The Morgan fingerprint density at radius 2 is 2.20 bits per heavy atom. The molecule has 1 aromatic rings. The maximum Gasteiger partial charge on any atom is 0.150 e. The van der Waals surface area contributed by atoms with Gasteiger partial charge in [-0.25, -0.2) is 9.97 Å². The largest absolute Gasteiger partial charge is 0.355 e. The van der Waals surface area contributed by atoms with E-state index in [1.165, 1.54) is 6.33 Å². The number of hydrogen-bond donors (Lipinski definition) is 0. The predicted molar refractivity (Wildman–Crippen MR) is 57.6 cm³/mol. The molecule has 0 spiro atoms. The van der Waals surface area contributed by atoms with Gasteiger partial charge >= 0.3 is 0 Å². The van der Waals surface area contributed by atoms with Crippen LogP contribution in [0.3, 0.4) is 0 Å². The second-order valence-electron chi connectivity index (χ2n) is 3.58. The van der Waals surface area contributed by atoms with E-state index in [-0.39, 0.29) is 5.92 Å². The average molecular weight is 223 g/mol. The van der Waals surface area contributed by atoms with Gasteiger partial charge in [-0.3, -0.25) is 0 Å². The lowest BCUT2D eigenvalue weighted by molar-refractivity contribution is 0.485. The maximum absolute atomic E-state index is 8.78. The Morgan fingerprint density at radius 3 is 2.80 bits per heavy atom. The van der Waals surface area contributed by atoms with Crippen LogP contribution in [0.2, 0.25) is 5.02 Å². The van der Waals surface area contributed by atoms with Crippen LogP contribution in [-0.4, -0.2) is 23.1 Å². The topological polar surface area (TPSA) is 52.8 Å². The summed E-state index contributed by atoms with van der Waals surface area (Å²) in [6.07, 6.45) is 4.87. The molecule has 0 aromatic carbocycles. The molecule has 4 nitrogen and oxygen atoms in total. The minimum atomic E-state index is 0.182. The van der Waals surface area contributed by atoms with Crippen molar-refractivity contribution in [2.75, 3.05) is 18.0 Å². The monoisotopic (exact) mass is 222 g/mol. The van der Waals surface area contributed by atoms with Gasteiger partial charge in [0.25, 0.3) is 0 Å². The van der Waals surface area contributed by atoms with Gasteiger partial charge in [-0.05, 0) is 12.8 Å². The molecule has 2 heterocycles. The first-order chi connectivity index (χ1) is 7.31. The molecule has 1 fully saturated rings. The maximum atomic E-state index is 8.78. The third-order valence-electron chi connectivity index (χ3n) is 2.63. The quantitative estimate of drug-likeness (QED) is 0.728. The van der Waals surface area contributed by atoms with Crippen molar-refractivity contribution in [3.63, 3.8) is 0 Å². The molecule has 2 rings (SSSR count). The third kappa shape index (κ3) is 2.18. The fourth-order valence-corrected chi connectivity index (χ4v) is 1.98. The molecule has 0 amide bonds. The van der Waals surface area contributed by atoms with Crippen LogP contribution in [0.1, 0.15) is 12.8 Å². The second kappa shape index (κ2) is 4.45. The smallest absolute Gasteiger partial charge is 0.150 e. The first kappa shape index (κ1) is 10.2. The van der Waals surface area contributed by atoms with Gasteiger partial charge in [0, 0.05) is 19.0 Å². The zero-order valence-corrected chi connectivity index (χ0v) is 8.98. The molecule has 78 valence electrons. The summed E-state index contributed by atoms with van der Waals surface area (Å²) in [6, 6.07) is 2.30. The van der Waals surface area contributed by atoms with Crippen molar-refractivity contribution in [3.8, 4) is 6.07 Å². The molecular weight excluding hydrogens is 212 g/mol. The van der Waals surface area contributed by atoms with Crippen LogP contribution in [-0.2, 0) is 0 Å². The van der Waals surface area contributed by atoms with Crippen molar-refractivity contribution in [1.29, 1.82) is 5.26 Å². The molecule has 0 radical (unpaired) electrons. The number of nitriles is 1. The molecule has 1 aromatic heterocycles. The summed E-state index contributed by atoms with van der Waals surface area (Å²) in [7, 11) is 0. The standard InChI is InChI=1S/C10H11ClN4/c11-9-6-13-7-14-10(9)15-3-1-8(5-12)2-4-15/h6-8H,1-4H2. The summed E-state index contributed by atoms with van der Waals surface area (Å²) in [5.74, 6) is 0.963. The number of hydrogen-bond acceptors (Lipinski definition) is 4. The Bertz CT molecular complexity index is 379. The van der Waals surface area contributed by atoms with Gasteiger partial charge in [-0.1, -0.05) is 11.6 Å². The van der Waals surface area contributed by atoms with Crippen molar-refractivity contribution in [1.82, 2.24) is 9.97 Å². The minimum absolute atomic E-state index is 0.182. The van der Waals surface area contributed by atoms with Gasteiger partial charge in [-0.15, -0.1) is 0 Å². The summed E-state index contributed by atoms with van der Waals surface area (Å²) >= 11 is 6.00. The van der Waals surface area contributed by atoms with Crippen LogP contribution >= 0.6 is 11.6 Å². The number of aromatic nitrogens is 2. The Balaban J connectivity index is 2.08. The highest BCUT2D eigenvalue weighted by Gasteiger charge is 2.20. The van der Waals surface area contributed by atoms with E-state index in [9.17, 15) is 0 Å². The third-order valence-corrected chi connectivity index (χ3v) is 2.89. The highest BCUT2D eigenvalue weighted by molar-refractivity contribution is 6.32. The van der Waals surface area contributed by atoms with Crippen LogP contribution in [0.15, 0.2) is 12.5 Å². The fourth-order valence-electron chi connectivity index (χ4n) is 1.76. The van der Waals surface area contributed by atoms with Crippen molar-refractivity contribution in [3.05, 3.63) is 17.5 Å². The van der Waals surface area contributed by atoms with E-state index in [0.29, 0.717) is 5.02 Å². The number of nitrogens with zero attached hydrogens (tertiary/aromatic N) is 4. The van der Waals surface area contributed by atoms with E-state index in [4.69, 9.17) is 16.9 Å². The van der Waals surface area contributed by atoms with Gasteiger partial charge in [0.1, 0.15) is 11.3 Å². The van der Waals surface area contributed by atoms with Crippen molar-refractivity contribution >= 4 is 17.4 Å². The molecule has 0 atom stereocenters. The van der Waals surface area contributed by atoms with E-state index in [1.54, 1.807) is 6.20 Å². The summed E-state index contributed by atoms with van der Waals surface area (Å²) in [5, 5.41) is 9.36. The van der Waals surface area contributed by atoms with E-state index < -0.39 is 0 Å². The van der Waals surface area contributed by atoms with Gasteiger partial charge in [0.15, 0.2) is 5.82 Å². The molecule has 5 heteroatoms. The second-order valence-corrected chi connectivity index (χ2v) is 3.99. The molecule has 0 bridgehead atoms. The number of anilines is 1. The lowest BCUT2D eigenvalue weighted by Gasteiger charge is -2.30. The van der Waals surface area contributed by atoms with Crippen molar-refractivity contribution in [2.24, 2.45) is 5.92 Å². The van der Waals surface area contributed by atoms with Crippen molar-refractivity contribution in [2.45, 2.75) is 12.8 Å². The summed E-state index contributed by atoms with van der Waals surface area (Å²) < 4.78 is 0. The van der Waals surface area contributed by atoms with Crippen molar-refractivity contribution < 1.29 is 0 Å². The predicted octanol–water partition coefficient (Wildman–Crippen LogP) is 1.87. The zero-order valence-electron chi connectivity index (χ0n) is 8.23. The van der Waals surface area contributed by atoms with Crippen LogP contribution in [0.5, 0.6) is 0 Å². The fraction of sp³-hybridized carbons (Fsp3) is 0.500. The van der Waals surface area contributed by atoms with Crippen LogP contribution in [0, 0.1) is 17.2 Å². The van der Waals surface area contributed by atoms with E-state index >= 15 is 0 Å². The number of rotatable bonds is 1. The Morgan fingerprint density at radius 1 is 1.47 bits per heavy atom. The SMILES string of the molecule is N#CC1CCN(c2ncncc2Cl)CC1. The highest BCUT2D eigenvalue weighted by atomic mass is 35.5. The molecule has 0 aliphatic carbocycles. The lowest BCUT2D eigenvalue weighted by Crippen LogP contribution is -2.34.